The molecule has 3 unspecified atom stereocenters. The van der Waals surface area contributed by atoms with Gasteiger partial charge in [0, 0.05) is 0 Å². The van der Waals surface area contributed by atoms with Crippen LogP contribution in [0.15, 0.2) is 53.6 Å². The first-order chi connectivity index (χ1) is 9.28. The lowest BCUT2D eigenvalue weighted by molar-refractivity contribution is 0.463. The average molecular weight is 249 g/mol. The maximum Gasteiger partial charge on any atom is 0.0750 e. The maximum absolute atomic E-state index is 9.45. The van der Waals surface area contributed by atoms with E-state index >= 15 is 0 Å². The standard InChI is InChI=1S/C18H19N/c1-13-9-14-7-8-16(18(13)10-14)11-17(12-19)15-5-3-2-4-6-15/h2-8,13,17-18H,9-11H2,1H3. The van der Waals surface area contributed by atoms with Gasteiger partial charge in [0.05, 0.1) is 12.0 Å². The molecule has 1 aromatic rings. The van der Waals surface area contributed by atoms with Gasteiger partial charge in [-0.25, -0.2) is 0 Å². The summed E-state index contributed by atoms with van der Waals surface area (Å²) < 4.78 is 0. The van der Waals surface area contributed by atoms with Crippen LogP contribution in [0.4, 0.5) is 0 Å². The Morgan fingerprint density at radius 3 is 2.74 bits per heavy atom. The van der Waals surface area contributed by atoms with Crippen LogP contribution in [0.2, 0.25) is 0 Å². The van der Waals surface area contributed by atoms with Crippen molar-refractivity contribution in [2.45, 2.75) is 32.1 Å². The van der Waals surface area contributed by atoms with Gasteiger partial charge < -0.3 is 0 Å². The van der Waals surface area contributed by atoms with Crippen molar-refractivity contribution in [3.8, 4) is 6.07 Å². The van der Waals surface area contributed by atoms with E-state index in [2.05, 4.69) is 37.3 Å². The lowest BCUT2D eigenvalue weighted by Gasteiger charge is -2.22. The third kappa shape index (κ3) is 2.36. The summed E-state index contributed by atoms with van der Waals surface area (Å²) in [4.78, 5) is 0. The van der Waals surface area contributed by atoms with Crippen molar-refractivity contribution in [1.29, 1.82) is 5.26 Å². The van der Waals surface area contributed by atoms with Crippen LogP contribution in [0.25, 0.3) is 0 Å². The second kappa shape index (κ2) is 5.05. The first-order valence-corrected chi connectivity index (χ1v) is 7.11. The van der Waals surface area contributed by atoms with Gasteiger partial charge in [-0.1, -0.05) is 60.6 Å². The first kappa shape index (κ1) is 12.2. The third-order valence-electron chi connectivity index (χ3n) is 4.56. The third-order valence-corrected chi connectivity index (χ3v) is 4.56. The average Bonchev–Trinajstić information content (AvgIpc) is 2.75. The number of fused-ring (bicyclic) bond motifs is 2. The molecule has 0 N–H and O–H groups in total. The topological polar surface area (TPSA) is 23.8 Å². The number of nitriles is 1. The van der Waals surface area contributed by atoms with Gasteiger partial charge >= 0.3 is 0 Å². The van der Waals surface area contributed by atoms with Crippen LogP contribution >= 0.6 is 0 Å². The van der Waals surface area contributed by atoms with Crippen molar-refractivity contribution in [1.82, 2.24) is 0 Å². The van der Waals surface area contributed by atoms with E-state index in [1.54, 1.807) is 5.57 Å². The van der Waals surface area contributed by atoms with E-state index in [4.69, 9.17) is 0 Å². The van der Waals surface area contributed by atoms with E-state index in [1.807, 2.05) is 18.2 Å². The number of allylic oxidation sites excluding steroid dienone is 4. The Labute approximate surface area is 115 Å². The van der Waals surface area contributed by atoms with Crippen molar-refractivity contribution in [3.05, 3.63) is 59.2 Å². The molecule has 0 spiro atoms. The van der Waals surface area contributed by atoms with Crippen molar-refractivity contribution < 1.29 is 0 Å². The summed E-state index contributed by atoms with van der Waals surface area (Å²) in [7, 11) is 0. The van der Waals surface area contributed by atoms with Crippen LogP contribution in [0.1, 0.15) is 37.7 Å². The Morgan fingerprint density at radius 1 is 1.21 bits per heavy atom. The first-order valence-electron chi connectivity index (χ1n) is 7.11. The fourth-order valence-electron chi connectivity index (χ4n) is 3.48. The summed E-state index contributed by atoms with van der Waals surface area (Å²) in [6, 6.07) is 12.7. The molecular weight excluding hydrogens is 230 g/mol. The molecule has 1 aromatic carbocycles. The highest BCUT2D eigenvalue weighted by Gasteiger charge is 2.32. The number of rotatable bonds is 3. The van der Waals surface area contributed by atoms with Crippen LogP contribution in [0.5, 0.6) is 0 Å². The highest BCUT2D eigenvalue weighted by molar-refractivity contribution is 5.35. The Hall–Kier alpha value is -1.81. The molecule has 0 radical (unpaired) electrons. The van der Waals surface area contributed by atoms with Crippen molar-refractivity contribution in [2.24, 2.45) is 11.8 Å². The zero-order valence-corrected chi connectivity index (χ0v) is 11.3. The molecule has 0 heterocycles. The van der Waals surface area contributed by atoms with Gasteiger partial charge in [-0.2, -0.15) is 5.26 Å². The van der Waals surface area contributed by atoms with E-state index < -0.39 is 0 Å². The quantitative estimate of drug-likeness (QED) is 0.768. The van der Waals surface area contributed by atoms with Gasteiger partial charge in [-0.15, -0.1) is 0 Å². The monoisotopic (exact) mass is 249 g/mol. The van der Waals surface area contributed by atoms with E-state index in [0.717, 1.165) is 17.9 Å². The molecule has 1 nitrogen and oxygen atoms in total. The molecule has 0 aliphatic heterocycles. The molecule has 1 saturated carbocycles. The Bertz CT molecular complexity index is 559. The van der Waals surface area contributed by atoms with Gasteiger partial charge in [0.25, 0.3) is 0 Å². The summed E-state index contributed by atoms with van der Waals surface area (Å²) in [6.07, 6.45) is 7.92. The fourth-order valence-corrected chi connectivity index (χ4v) is 3.48. The minimum atomic E-state index is -0.00444. The molecule has 0 amide bonds. The lowest BCUT2D eigenvalue weighted by atomic mass is 9.81. The lowest BCUT2D eigenvalue weighted by Crippen LogP contribution is -2.11. The molecule has 19 heavy (non-hydrogen) atoms. The molecule has 1 fully saturated rings. The Morgan fingerprint density at radius 2 is 2.00 bits per heavy atom. The molecular formula is C18H19N. The van der Waals surface area contributed by atoms with E-state index in [9.17, 15) is 5.26 Å². The second-order valence-electron chi connectivity index (χ2n) is 5.86. The molecule has 96 valence electrons. The van der Waals surface area contributed by atoms with E-state index in [0.29, 0.717) is 5.92 Å². The van der Waals surface area contributed by atoms with E-state index in [-0.39, 0.29) is 5.92 Å². The molecule has 3 rings (SSSR count). The predicted octanol–water partition coefficient (Wildman–Crippen LogP) is 4.60. The zero-order chi connectivity index (χ0) is 13.2. The molecule has 2 aliphatic carbocycles. The minimum Gasteiger partial charge on any atom is -0.198 e. The molecule has 0 aromatic heterocycles. The molecule has 2 bridgehead atoms. The summed E-state index contributed by atoms with van der Waals surface area (Å²) in [5.74, 6) is 1.42. The maximum atomic E-state index is 9.45. The normalized spacial score (nSPS) is 26.3. The highest BCUT2D eigenvalue weighted by Crippen LogP contribution is 2.45. The molecule has 0 saturated heterocycles. The largest absolute Gasteiger partial charge is 0.198 e. The molecule has 2 aliphatic rings. The van der Waals surface area contributed by atoms with Crippen LogP contribution in [-0.2, 0) is 0 Å². The zero-order valence-electron chi connectivity index (χ0n) is 11.3. The van der Waals surface area contributed by atoms with Gasteiger partial charge in [-0.05, 0) is 36.7 Å². The minimum absolute atomic E-state index is 0.00444. The van der Waals surface area contributed by atoms with Gasteiger partial charge in [-0.3, -0.25) is 0 Å². The fraction of sp³-hybridized carbons (Fsp3) is 0.389. The van der Waals surface area contributed by atoms with Crippen molar-refractivity contribution in [3.63, 3.8) is 0 Å². The number of hydrogen-bond acceptors (Lipinski definition) is 1. The number of hydrogen-bond donors (Lipinski definition) is 0. The predicted molar refractivity (Wildman–Crippen MR) is 77.5 cm³/mol. The summed E-state index contributed by atoms with van der Waals surface area (Å²) in [5.41, 5.74) is 4.21. The molecule has 3 atom stereocenters. The Balaban J connectivity index is 1.80. The van der Waals surface area contributed by atoms with Gasteiger partial charge in [0.1, 0.15) is 0 Å². The highest BCUT2D eigenvalue weighted by atomic mass is 14.4. The summed E-state index contributed by atoms with van der Waals surface area (Å²) in [6.45, 7) is 2.34. The number of benzene rings is 1. The van der Waals surface area contributed by atoms with Gasteiger partial charge in [0.2, 0.25) is 0 Å². The summed E-state index contributed by atoms with van der Waals surface area (Å²) >= 11 is 0. The SMILES string of the molecule is CC1CC2=CC=C(CC(C#N)c3ccccc3)C1C2. The van der Waals surface area contributed by atoms with E-state index in [1.165, 1.54) is 18.4 Å². The molecule has 1 heteroatoms. The van der Waals surface area contributed by atoms with Crippen LogP contribution in [0.3, 0.4) is 0 Å². The Kier molecular flexibility index (Phi) is 3.25. The van der Waals surface area contributed by atoms with Crippen LogP contribution in [-0.4, -0.2) is 0 Å². The number of nitrogens with zero attached hydrogens (tertiary/aromatic N) is 1. The smallest absolute Gasteiger partial charge is 0.0750 e. The second-order valence-corrected chi connectivity index (χ2v) is 5.86. The summed E-state index contributed by atoms with van der Waals surface area (Å²) in [5, 5.41) is 9.45. The van der Waals surface area contributed by atoms with Crippen LogP contribution in [0, 0.1) is 23.2 Å². The van der Waals surface area contributed by atoms with Crippen LogP contribution < -0.4 is 0 Å². The van der Waals surface area contributed by atoms with Crippen molar-refractivity contribution >= 4 is 0 Å². The van der Waals surface area contributed by atoms with Crippen molar-refractivity contribution in [2.75, 3.05) is 0 Å². The van der Waals surface area contributed by atoms with Gasteiger partial charge in [0.15, 0.2) is 0 Å².